The van der Waals surface area contributed by atoms with Crippen LogP contribution in [0.2, 0.25) is 0 Å². The molecule has 0 bridgehead atoms. The highest BCUT2D eigenvalue weighted by Gasteiger charge is 2.12. The molecule has 0 atom stereocenters. The third-order valence-corrected chi connectivity index (χ3v) is 4.10. The van der Waals surface area contributed by atoms with Crippen LogP contribution in [0.3, 0.4) is 0 Å². The van der Waals surface area contributed by atoms with Gasteiger partial charge in [-0.05, 0) is 40.7 Å². The average molecular weight is 370 g/mol. The van der Waals surface area contributed by atoms with E-state index in [4.69, 9.17) is 5.26 Å². The van der Waals surface area contributed by atoms with Gasteiger partial charge in [-0.1, -0.05) is 51.1 Å². The van der Waals surface area contributed by atoms with Crippen molar-refractivity contribution >= 4 is 5.96 Å². The second-order valence-electron chi connectivity index (χ2n) is 7.27. The Morgan fingerprint density at radius 2 is 1.70 bits per heavy atom. The minimum Gasteiger partial charge on any atom is -0.355 e. The Labute approximate surface area is 158 Å². The summed E-state index contributed by atoms with van der Waals surface area (Å²) in [7, 11) is 0. The number of nitrogens with zero attached hydrogens (tertiary/aromatic N) is 2. The van der Waals surface area contributed by atoms with E-state index in [9.17, 15) is 8.78 Å². The maximum Gasteiger partial charge on any atom is 0.205 e. The van der Waals surface area contributed by atoms with Gasteiger partial charge in [0.15, 0.2) is 17.8 Å². The fraction of sp³-hybridized carbons (Fsp3) is 0.333. The van der Waals surface area contributed by atoms with Gasteiger partial charge in [-0.3, -0.25) is 5.32 Å². The van der Waals surface area contributed by atoms with Crippen molar-refractivity contribution in [3.05, 3.63) is 70.8 Å². The Kier molecular flexibility index (Phi) is 6.89. The van der Waals surface area contributed by atoms with Gasteiger partial charge in [0, 0.05) is 6.54 Å². The number of guanidine groups is 1. The molecule has 0 aliphatic carbocycles. The number of hydrogen-bond acceptors (Lipinski definition) is 2. The van der Waals surface area contributed by atoms with E-state index < -0.39 is 11.6 Å². The van der Waals surface area contributed by atoms with Crippen LogP contribution in [0.15, 0.2) is 47.5 Å². The first-order valence-corrected chi connectivity index (χ1v) is 8.76. The predicted octanol–water partition coefficient (Wildman–Crippen LogP) is 4.02. The summed E-state index contributed by atoms with van der Waals surface area (Å²) in [5.41, 5.74) is 3.03. The van der Waals surface area contributed by atoms with Gasteiger partial charge < -0.3 is 5.32 Å². The van der Waals surface area contributed by atoms with Crippen LogP contribution in [0.4, 0.5) is 8.78 Å². The van der Waals surface area contributed by atoms with Gasteiger partial charge in [0.05, 0.1) is 6.54 Å². The third kappa shape index (κ3) is 6.37. The molecular weight excluding hydrogens is 346 g/mol. The van der Waals surface area contributed by atoms with Crippen LogP contribution in [0, 0.1) is 23.1 Å². The van der Waals surface area contributed by atoms with E-state index >= 15 is 0 Å². The van der Waals surface area contributed by atoms with Crippen LogP contribution < -0.4 is 10.6 Å². The van der Waals surface area contributed by atoms with Gasteiger partial charge in [0.25, 0.3) is 0 Å². The Morgan fingerprint density at radius 1 is 1.04 bits per heavy atom. The molecular formula is C21H24F2N4. The number of nitriles is 1. The lowest BCUT2D eigenvalue weighted by molar-refractivity contribution is 0.507. The molecule has 4 nitrogen and oxygen atoms in total. The molecule has 142 valence electrons. The second-order valence-corrected chi connectivity index (χ2v) is 7.27. The van der Waals surface area contributed by atoms with E-state index in [1.807, 2.05) is 18.3 Å². The quantitative estimate of drug-likeness (QED) is 0.362. The Balaban J connectivity index is 1.93. The molecule has 2 rings (SSSR count). The lowest BCUT2D eigenvalue weighted by Gasteiger charge is -2.19. The van der Waals surface area contributed by atoms with Crippen LogP contribution in [0.25, 0.3) is 0 Å². The zero-order valence-corrected chi connectivity index (χ0v) is 15.8. The van der Waals surface area contributed by atoms with Crippen molar-refractivity contribution < 1.29 is 8.78 Å². The van der Waals surface area contributed by atoms with E-state index in [0.29, 0.717) is 31.0 Å². The SMILES string of the molecule is CC(C)(C)c1ccc(CN=C(NC#N)NCCc2ccc(F)c(F)c2)cc1. The molecule has 0 saturated heterocycles. The lowest BCUT2D eigenvalue weighted by atomic mass is 9.87. The van der Waals surface area contributed by atoms with E-state index in [1.165, 1.54) is 17.7 Å². The standard InChI is InChI=1S/C21H24F2N4/c1-21(2,3)17-7-4-16(5-8-17)13-26-20(27-14-24)25-11-10-15-6-9-18(22)19(23)12-15/h4-9,12H,10-11,13H2,1-3H3,(H2,25,26,27). The summed E-state index contributed by atoms with van der Waals surface area (Å²) in [5, 5.41) is 14.4. The van der Waals surface area contributed by atoms with Gasteiger partial charge in [-0.15, -0.1) is 0 Å². The monoisotopic (exact) mass is 370 g/mol. The van der Waals surface area contributed by atoms with Crippen molar-refractivity contribution in [2.75, 3.05) is 6.54 Å². The Hall–Kier alpha value is -2.94. The van der Waals surface area contributed by atoms with Crippen molar-refractivity contribution in [3.8, 4) is 6.19 Å². The minimum absolute atomic E-state index is 0.0940. The summed E-state index contributed by atoms with van der Waals surface area (Å²) < 4.78 is 26.2. The van der Waals surface area contributed by atoms with Crippen LogP contribution in [-0.4, -0.2) is 12.5 Å². The highest BCUT2D eigenvalue weighted by atomic mass is 19.2. The van der Waals surface area contributed by atoms with Crippen molar-refractivity contribution in [2.45, 2.75) is 39.2 Å². The molecule has 0 aromatic heterocycles. The molecule has 2 aromatic rings. The molecule has 6 heteroatoms. The fourth-order valence-electron chi connectivity index (χ4n) is 2.49. The molecule has 0 amide bonds. The number of nitrogens with one attached hydrogen (secondary N) is 2. The summed E-state index contributed by atoms with van der Waals surface area (Å²) in [6.45, 7) is 7.33. The molecule has 0 aliphatic rings. The predicted molar refractivity (Wildman–Crippen MR) is 103 cm³/mol. The van der Waals surface area contributed by atoms with Gasteiger partial charge in [0.1, 0.15) is 0 Å². The number of rotatable bonds is 5. The minimum atomic E-state index is -0.866. The molecule has 2 N–H and O–H groups in total. The smallest absolute Gasteiger partial charge is 0.205 e. The molecule has 0 fully saturated rings. The second kappa shape index (κ2) is 9.13. The van der Waals surface area contributed by atoms with Crippen LogP contribution in [0.1, 0.15) is 37.5 Å². The molecule has 27 heavy (non-hydrogen) atoms. The highest BCUT2D eigenvalue weighted by Crippen LogP contribution is 2.22. The van der Waals surface area contributed by atoms with E-state index in [2.05, 4.69) is 48.5 Å². The van der Waals surface area contributed by atoms with Gasteiger partial charge in [0.2, 0.25) is 5.96 Å². The number of halogens is 2. The molecule has 0 radical (unpaired) electrons. The zero-order valence-electron chi connectivity index (χ0n) is 15.8. The lowest BCUT2D eigenvalue weighted by Crippen LogP contribution is -2.35. The van der Waals surface area contributed by atoms with Crippen molar-refractivity contribution in [1.29, 1.82) is 5.26 Å². The summed E-state index contributed by atoms with van der Waals surface area (Å²) >= 11 is 0. The summed E-state index contributed by atoms with van der Waals surface area (Å²) in [4.78, 5) is 4.38. The van der Waals surface area contributed by atoms with E-state index in [0.717, 1.165) is 11.6 Å². The first-order chi connectivity index (χ1) is 12.8. The van der Waals surface area contributed by atoms with Crippen LogP contribution >= 0.6 is 0 Å². The first kappa shape index (κ1) is 20.4. The first-order valence-electron chi connectivity index (χ1n) is 8.76. The largest absolute Gasteiger partial charge is 0.355 e. The molecule has 0 aliphatic heterocycles. The van der Waals surface area contributed by atoms with Gasteiger partial charge >= 0.3 is 0 Å². The van der Waals surface area contributed by atoms with Crippen LogP contribution in [-0.2, 0) is 18.4 Å². The number of hydrogen-bond donors (Lipinski definition) is 2. The molecule has 0 saturated carbocycles. The molecule has 2 aromatic carbocycles. The average Bonchev–Trinajstić information content (AvgIpc) is 2.62. The topological polar surface area (TPSA) is 60.2 Å². The molecule has 0 spiro atoms. The number of benzene rings is 2. The highest BCUT2D eigenvalue weighted by molar-refractivity contribution is 5.81. The maximum atomic E-state index is 13.2. The van der Waals surface area contributed by atoms with Crippen molar-refractivity contribution in [2.24, 2.45) is 4.99 Å². The van der Waals surface area contributed by atoms with E-state index in [-0.39, 0.29) is 5.41 Å². The Bertz CT molecular complexity index is 831. The normalized spacial score (nSPS) is 11.8. The molecule has 0 heterocycles. The number of aliphatic imine (C=N–C) groups is 1. The van der Waals surface area contributed by atoms with Crippen LogP contribution in [0.5, 0.6) is 0 Å². The third-order valence-electron chi connectivity index (χ3n) is 4.10. The summed E-state index contributed by atoms with van der Waals surface area (Å²) in [5.74, 6) is -1.38. The summed E-state index contributed by atoms with van der Waals surface area (Å²) in [6, 6.07) is 12.0. The van der Waals surface area contributed by atoms with E-state index in [1.54, 1.807) is 0 Å². The fourth-order valence-corrected chi connectivity index (χ4v) is 2.49. The van der Waals surface area contributed by atoms with Crippen molar-refractivity contribution in [3.63, 3.8) is 0 Å². The Morgan fingerprint density at radius 3 is 2.30 bits per heavy atom. The van der Waals surface area contributed by atoms with Gasteiger partial charge in [-0.2, -0.15) is 5.26 Å². The maximum absolute atomic E-state index is 13.2. The van der Waals surface area contributed by atoms with Gasteiger partial charge in [-0.25, -0.2) is 13.8 Å². The summed E-state index contributed by atoms with van der Waals surface area (Å²) in [6.07, 6.45) is 2.32. The zero-order chi connectivity index (χ0) is 19.9. The molecule has 0 unspecified atom stereocenters. The van der Waals surface area contributed by atoms with Crippen molar-refractivity contribution in [1.82, 2.24) is 10.6 Å².